The van der Waals surface area contributed by atoms with Crippen molar-refractivity contribution >= 4 is 39.1 Å². The Morgan fingerprint density at radius 1 is 1.00 bits per heavy atom. The lowest BCUT2D eigenvalue weighted by molar-refractivity contribution is -0.140. The summed E-state index contributed by atoms with van der Waals surface area (Å²) in [6.07, 6.45) is 5.42. The lowest BCUT2D eigenvalue weighted by Crippen LogP contribution is -2.54. The topological polar surface area (TPSA) is 96.0 Å². The van der Waals surface area contributed by atoms with Gasteiger partial charge in [-0.15, -0.1) is 0 Å². The normalized spacial score (nSPS) is 14.5. The molecule has 230 valence electrons. The first kappa shape index (κ1) is 32.4. The van der Waals surface area contributed by atoms with Crippen LogP contribution < -0.4 is 14.4 Å². The SMILES string of the molecule is CC[C@@H](C(=O)NC1CCCCC1)N(Cc1cccc(OC)c1)C(=O)CN(c1ccccc1Cl)S(=O)(=O)c1ccc(C)cc1. The van der Waals surface area contributed by atoms with Crippen LogP contribution in [0.4, 0.5) is 5.69 Å². The monoisotopic (exact) mass is 625 g/mol. The number of benzene rings is 3. The highest BCUT2D eigenvalue weighted by Crippen LogP contribution is 2.31. The van der Waals surface area contributed by atoms with Gasteiger partial charge < -0.3 is 15.0 Å². The fourth-order valence-corrected chi connectivity index (χ4v) is 7.16. The fourth-order valence-electron chi connectivity index (χ4n) is 5.44. The predicted octanol–water partition coefficient (Wildman–Crippen LogP) is 6.11. The van der Waals surface area contributed by atoms with Crippen molar-refractivity contribution in [2.75, 3.05) is 18.0 Å². The van der Waals surface area contributed by atoms with Gasteiger partial charge >= 0.3 is 0 Å². The van der Waals surface area contributed by atoms with E-state index in [0.717, 1.165) is 47.5 Å². The van der Waals surface area contributed by atoms with E-state index >= 15 is 0 Å². The first-order valence-corrected chi connectivity index (χ1v) is 16.5. The van der Waals surface area contributed by atoms with E-state index in [9.17, 15) is 18.0 Å². The first-order valence-electron chi connectivity index (χ1n) is 14.7. The van der Waals surface area contributed by atoms with Gasteiger partial charge in [0.05, 0.1) is 22.7 Å². The standard InChI is InChI=1S/C33H40ClN3O5S/c1-4-30(33(39)35-26-12-6-5-7-13-26)36(22-25-11-10-14-27(21-25)42-3)32(38)23-37(31-16-9-8-15-29(31)34)43(40,41)28-19-17-24(2)18-20-28/h8-11,14-21,26,30H,4-7,12-13,22-23H2,1-3H3,(H,35,39)/t30-/m0/s1. The van der Waals surface area contributed by atoms with E-state index < -0.39 is 28.5 Å². The molecule has 0 saturated heterocycles. The van der Waals surface area contributed by atoms with Crippen LogP contribution in [0.2, 0.25) is 5.02 Å². The molecular formula is C33H40ClN3O5S. The number of carbonyl (C=O) groups excluding carboxylic acids is 2. The molecule has 1 N–H and O–H groups in total. The van der Waals surface area contributed by atoms with Crippen LogP contribution in [0.3, 0.4) is 0 Å². The summed E-state index contributed by atoms with van der Waals surface area (Å²) >= 11 is 6.50. The van der Waals surface area contributed by atoms with Crippen LogP contribution in [0.15, 0.2) is 77.7 Å². The van der Waals surface area contributed by atoms with Gasteiger partial charge in [0.2, 0.25) is 11.8 Å². The van der Waals surface area contributed by atoms with Gasteiger partial charge in [0.25, 0.3) is 10.0 Å². The van der Waals surface area contributed by atoms with Crippen LogP contribution in [0.1, 0.15) is 56.6 Å². The second-order valence-electron chi connectivity index (χ2n) is 10.9. The Balaban J connectivity index is 1.72. The number of amides is 2. The Labute approximate surface area is 260 Å². The number of methoxy groups -OCH3 is 1. The summed E-state index contributed by atoms with van der Waals surface area (Å²) in [7, 11) is -2.64. The number of aryl methyl sites for hydroxylation is 1. The highest BCUT2D eigenvalue weighted by atomic mass is 35.5. The molecule has 10 heteroatoms. The number of sulfonamides is 1. The van der Waals surface area contributed by atoms with Crippen LogP contribution in [-0.2, 0) is 26.2 Å². The first-order chi connectivity index (χ1) is 20.6. The molecule has 3 aromatic rings. The van der Waals surface area contributed by atoms with Crippen molar-refractivity contribution in [2.24, 2.45) is 0 Å². The molecule has 1 atom stereocenters. The summed E-state index contributed by atoms with van der Waals surface area (Å²) < 4.78 is 34.5. The molecule has 0 aromatic heterocycles. The van der Waals surface area contributed by atoms with Crippen molar-refractivity contribution in [1.82, 2.24) is 10.2 Å². The summed E-state index contributed by atoms with van der Waals surface area (Å²) in [5.41, 5.74) is 1.83. The fraction of sp³-hybridized carbons (Fsp3) is 0.394. The number of para-hydroxylation sites is 1. The van der Waals surface area contributed by atoms with Crippen molar-refractivity contribution in [3.05, 3.63) is 88.9 Å². The van der Waals surface area contributed by atoms with E-state index in [0.29, 0.717) is 12.2 Å². The van der Waals surface area contributed by atoms with Gasteiger partial charge in [-0.3, -0.25) is 13.9 Å². The number of hydrogen-bond donors (Lipinski definition) is 1. The predicted molar refractivity (Wildman–Crippen MR) is 170 cm³/mol. The summed E-state index contributed by atoms with van der Waals surface area (Å²) in [5.74, 6) is -0.148. The molecule has 0 unspecified atom stereocenters. The van der Waals surface area contributed by atoms with Crippen LogP contribution in [-0.4, -0.2) is 50.9 Å². The number of hydrogen-bond acceptors (Lipinski definition) is 5. The largest absolute Gasteiger partial charge is 0.497 e. The molecule has 1 aliphatic carbocycles. The molecule has 43 heavy (non-hydrogen) atoms. The Morgan fingerprint density at radius 3 is 2.35 bits per heavy atom. The Kier molecular flexibility index (Phi) is 11.1. The second-order valence-corrected chi connectivity index (χ2v) is 13.2. The van der Waals surface area contributed by atoms with Crippen LogP contribution in [0.25, 0.3) is 0 Å². The van der Waals surface area contributed by atoms with Crippen molar-refractivity contribution in [1.29, 1.82) is 0 Å². The number of nitrogens with one attached hydrogen (secondary N) is 1. The van der Waals surface area contributed by atoms with Gasteiger partial charge in [-0.1, -0.05) is 79.7 Å². The highest BCUT2D eigenvalue weighted by molar-refractivity contribution is 7.92. The third-order valence-corrected chi connectivity index (χ3v) is 9.93. The van der Waals surface area contributed by atoms with Crippen molar-refractivity contribution < 1.29 is 22.7 Å². The van der Waals surface area contributed by atoms with E-state index in [1.54, 1.807) is 55.6 Å². The van der Waals surface area contributed by atoms with Crippen LogP contribution in [0.5, 0.6) is 5.75 Å². The zero-order valence-electron chi connectivity index (χ0n) is 25.0. The Bertz CT molecular complexity index is 1510. The zero-order chi connectivity index (χ0) is 31.0. The molecule has 0 radical (unpaired) electrons. The highest BCUT2D eigenvalue weighted by Gasteiger charge is 2.35. The number of ether oxygens (including phenoxy) is 1. The lowest BCUT2D eigenvalue weighted by atomic mass is 9.95. The summed E-state index contributed by atoms with van der Waals surface area (Å²) in [6.45, 7) is 3.27. The van der Waals surface area contributed by atoms with Gasteiger partial charge in [-0.25, -0.2) is 8.42 Å². The Morgan fingerprint density at radius 2 is 1.70 bits per heavy atom. The van der Waals surface area contributed by atoms with Gasteiger partial charge in [-0.05, 0) is 68.1 Å². The molecule has 1 saturated carbocycles. The van der Waals surface area contributed by atoms with E-state index in [2.05, 4.69) is 5.32 Å². The Hall–Kier alpha value is -3.56. The van der Waals surface area contributed by atoms with E-state index in [-0.39, 0.29) is 34.1 Å². The number of rotatable bonds is 12. The lowest BCUT2D eigenvalue weighted by Gasteiger charge is -2.34. The molecule has 1 fully saturated rings. The zero-order valence-corrected chi connectivity index (χ0v) is 26.5. The van der Waals surface area contributed by atoms with Gasteiger partial charge in [0.1, 0.15) is 18.3 Å². The van der Waals surface area contributed by atoms with Crippen LogP contribution >= 0.6 is 11.6 Å². The van der Waals surface area contributed by atoms with Crippen molar-refractivity contribution in [3.63, 3.8) is 0 Å². The summed E-state index contributed by atoms with van der Waals surface area (Å²) in [5, 5.41) is 3.35. The summed E-state index contributed by atoms with van der Waals surface area (Å²) in [6, 6.07) is 19.5. The van der Waals surface area contributed by atoms with Crippen LogP contribution in [0, 0.1) is 6.92 Å². The van der Waals surface area contributed by atoms with E-state index in [1.807, 2.05) is 26.0 Å². The van der Waals surface area contributed by atoms with Gasteiger partial charge in [0.15, 0.2) is 0 Å². The number of anilines is 1. The van der Waals surface area contributed by atoms with Gasteiger partial charge in [-0.2, -0.15) is 0 Å². The average molecular weight is 626 g/mol. The molecule has 0 heterocycles. The maximum absolute atomic E-state index is 14.3. The van der Waals surface area contributed by atoms with Gasteiger partial charge in [0, 0.05) is 12.6 Å². The molecule has 4 rings (SSSR count). The molecule has 2 amide bonds. The van der Waals surface area contributed by atoms with E-state index in [4.69, 9.17) is 16.3 Å². The molecular weight excluding hydrogens is 586 g/mol. The second kappa shape index (κ2) is 14.8. The minimum atomic E-state index is -4.20. The summed E-state index contributed by atoms with van der Waals surface area (Å²) in [4.78, 5) is 29.5. The minimum absolute atomic E-state index is 0.0345. The average Bonchev–Trinajstić information content (AvgIpc) is 3.01. The molecule has 8 nitrogen and oxygen atoms in total. The van der Waals surface area contributed by atoms with Crippen molar-refractivity contribution in [3.8, 4) is 5.75 Å². The molecule has 3 aromatic carbocycles. The minimum Gasteiger partial charge on any atom is -0.497 e. The molecule has 1 aliphatic rings. The molecule has 0 aliphatic heterocycles. The quantitative estimate of drug-likeness (QED) is 0.262. The smallest absolute Gasteiger partial charge is 0.264 e. The number of carbonyl (C=O) groups is 2. The number of halogens is 1. The maximum atomic E-state index is 14.3. The number of nitrogens with zero attached hydrogens (tertiary/aromatic N) is 2. The van der Waals surface area contributed by atoms with E-state index in [1.165, 1.54) is 17.0 Å². The third kappa shape index (κ3) is 8.09. The molecule has 0 bridgehead atoms. The third-order valence-electron chi connectivity index (χ3n) is 7.83. The van der Waals surface area contributed by atoms with Crippen molar-refractivity contribution in [2.45, 2.75) is 75.9 Å². The maximum Gasteiger partial charge on any atom is 0.264 e. The molecule has 0 spiro atoms.